The van der Waals surface area contributed by atoms with Crippen molar-refractivity contribution < 1.29 is 19.0 Å². The van der Waals surface area contributed by atoms with Crippen LogP contribution in [0.2, 0.25) is 0 Å². The van der Waals surface area contributed by atoms with E-state index in [1.165, 1.54) is 0 Å². The number of fused-ring (bicyclic) bond motifs is 1. The van der Waals surface area contributed by atoms with E-state index in [2.05, 4.69) is 20.5 Å². The Labute approximate surface area is 203 Å². The summed E-state index contributed by atoms with van der Waals surface area (Å²) in [5, 5.41) is 9.90. The van der Waals surface area contributed by atoms with Gasteiger partial charge in [-0.05, 0) is 60.0 Å². The van der Waals surface area contributed by atoms with Crippen molar-refractivity contribution in [2.45, 2.75) is 12.8 Å². The van der Waals surface area contributed by atoms with Crippen molar-refractivity contribution in [1.29, 1.82) is 0 Å². The van der Waals surface area contributed by atoms with Crippen LogP contribution >= 0.6 is 0 Å². The Morgan fingerprint density at radius 2 is 2.11 bits per heavy atom. The maximum atomic E-state index is 13.2. The number of H-pyrrole nitrogens is 1. The zero-order chi connectivity index (χ0) is 24.0. The van der Waals surface area contributed by atoms with Crippen molar-refractivity contribution in [3.05, 3.63) is 84.4 Å². The number of pyridine rings is 1. The largest absolute Gasteiger partial charge is 0.497 e. The van der Waals surface area contributed by atoms with Crippen molar-refractivity contribution in [2.75, 3.05) is 25.6 Å². The van der Waals surface area contributed by atoms with Gasteiger partial charge in [0.25, 0.3) is 0 Å². The Kier molecular flexibility index (Phi) is 6.61. The first kappa shape index (κ1) is 22.5. The van der Waals surface area contributed by atoms with Gasteiger partial charge in [0.05, 0.1) is 31.5 Å². The van der Waals surface area contributed by atoms with E-state index < -0.39 is 0 Å². The molecule has 5 rings (SSSR count). The van der Waals surface area contributed by atoms with Crippen LogP contribution in [0.25, 0.3) is 11.1 Å². The van der Waals surface area contributed by atoms with Crippen molar-refractivity contribution in [3.8, 4) is 28.4 Å². The van der Waals surface area contributed by atoms with E-state index >= 15 is 0 Å². The number of rotatable bonds is 8. The van der Waals surface area contributed by atoms with Gasteiger partial charge < -0.3 is 19.5 Å². The second kappa shape index (κ2) is 10.3. The lowest BCUT2D eigenvalue weighted by molar-refractivity contribution is -0.121. The molecule has 8 nitrogen and oxygen atoms in total. The lowest BCUT2D eigenvalue weighted by atomic mass is 9.95. The molecule has 0 saturated carbocycles. The van der Waals surface area contributed by atoms with E-state index in [0.29, 0.717) is 37.5 Å². The van der Waals surface area contributed by atoms with E-state index in [-0.39, 0.29) is 11.8 Å². The molecule has 0 fully saturated rings. The summed E-state index contributed by atoms with van der Waals surface area (Å²) in [5.41, 5.74) is 4.38. The predicted molar refractivity (Wildman–Crippen MR) is 132 cm³/mol. The topological polar surface area (TPSA) is 98.4 Å². The molecule has 1 atom stereocenters. The third-order valence-corrected chi connectivity index (χ3v) is 5.96. The SMILES string of the molecule is COc1ccc2c(c1)C[C@H](C(=O)Nc1ccc(-c3cn[nH]c3)cc1OCCc1ccccn1)CO2. The normalized spacial score (nSPS) is 14.5. The molecule has 2 aromatic carbocycles. The molecule has 3 heterocycles. The number of benzene rings is 2. The van der Waals surface area contributed by atoms with Crippen LogP contribution in [0.5, 0.6) is 17.2 Å². The van der Waals surface area contributed by atoms with Gasteiger partial charge in [0.2, 0.25) is 5.91 Å². The number of methoxy groups -OCH3 is 1. The van der Waals surface area contributed by atoms with Gasteiger partial charge >= 0.3 is 0 Å². The molecule has 2 aromatic heterocycles. The standard InChI is InChI=1S/C27H26N4O4/c1-33-23-6-8-25-19(13-23)12-20(17-35-25)27(32)31-24-7-5-18(21-15-29-30-16-21)14-26(24)34-11-9-22-4-2-3-10-28-22/h2-8,10,13-16,20H,9,11-12,17H2,1H3,(H,29,30)(H,31,32)/t20-/m0/s1. The Morgan fingerprint density at radius 3 is 2.91 bits per heavy atom. The van der Waals surface area contributed by atoms with Crippen LogP contribution in [0.4, 0.5) is 5.69 Å². The Hall–Kier alpha value is -4.33. The molecule has 1 aliphatic heterocycles. The van der Waals surface area contributed by atoms with E-state index in [0.717, 1.165) is 33.9 Å². The van der Waals surface area contributed by atoms with Crippen molar-refractivity contribution in [2.24, 2.45) is 5.92 Å². The second-order valence-electron chi connectivity index (χ2n) is 8.29. The average Bonchev–Trinajstić information content (AvgIpc) is 3.44. The van der Waals surface area contributed by atoms with Crippen molar-refractivity contribution in [3.63, 3.8) is 0 Å². The molecule has 178 valence electrons. The maximum absolute atomic E-state index is 13.2. The number of hydrogen-bond acceptors (Lipinski definition) is 6. The molecule has 1 amide bonds. The molecule has 8 heteroatoms. The highest BCUT2D eigenvalue weighted by Gasteiger charge is 2.27. The average molecular weight is 471 g/mol. The molecule has 2 N–H and O–H groups in total. The lowest BCUT2D eigenvalue weighted by Crippen LogP contribution is -2.32. The zero-order valence-corrected chi connectivity index (χ0v) is 19.4. The van der Waals surface area contributed by atoms with Gasteiger partial charge in [0.1, 0.15) is 23.9 Å². The third-order valence-electron chi connectivity index (χ3n) is 5.96. The molecule has 0 bridgehead atoms. The number of nitrogens with zero attached hydrogens (tertiary/aromatic N) is 2. The van der Waals surface area contributed by atoms with Gasteiger partial charge in [-0.3, -0.25) is 14.9 Å². The number of nitrogens with one attached hydrogen (secondary N) is 2. The number of aromatic amines is 1. The highest BCUT2D eigenvalue weighted by molar-refractivity contribution is 5.95. The van der Waals surface area contributed by atoms with E-state index in [4.69, 9.17) is 14.2 Å². The molecular formula is C27H26N4O4. The molecule has 0 saturated heterocycles. The smallest absolute Gasteiger partial charge is 0.231 e. The van der Waals surface area contributed by atoms with Crippen LogP contribution in [0.3, 0.4) is 0 Å². The second-order valence-corrected chi connectivity index (χ2v) is 8.29. The number of hydrogen-bond donors (Lipinski definition) is 2. The molecule has 0 spiro atoms. The predicted octanol–water partition coefficient (Wildman–Crippen LogP) is 4.29. The third kappa shape index (κ3) is 5.27. The van der Waals surface area contributed by atoms with Gasteiger partial charge in [-0.1, -0.05) is 12.1 Å². The van der Waals surface area contributed by atoms with Crippen LogP contribution in [-0.4, -0.2) is 41.4 Å². The van der Waals surface area contributed by atoms with Gasteiger partial charge in [-0.2, -0.15) is 5.10 Å². The maximum Gasteiger partial charge on any atom is 0.231 e. The summed E-state index contributed by atoms with van der Waals surface area (Å²) < 4.78 is 17.3. The van der Waals surface area contributed by atoms with Gasteiger partial charge in [0, 0.05) is 30.1 Å². The summed E-state index contributed by atoms with van der Waals surface area (Å²) >= 11 is 0. The summed E-state index contributed by atoms with van der Waals surface area (Å²) in [7, 11) is 1.62. The Balaban J connectivity index is 1.32. The highest BCUT2D eigenvalue weighted by Crippen LogP contribution is 2.34. The van der Waals surface area contributed by atoms with E-state index in [1.807, 2.05) is 60.8 Å². The van der Waals surface area contributed by atoms with Gasteiger partial charge in [-0.15, -0.1) is 0 Å². The number of aromatic nitrogens is 3. The summed E-state index contributed by atoms with van der Waals surface area (Å²) in [4.78, 5) is 17.5. The molecule has 0 radical (unpaired) electrons. The van der Waals surface area contributed by atoms with Gasteiger partial charge in [0.15, 0.2) is 0 Å². The fourth-order valence-electron chi connectivity index (χ4n) is 4.05. The summed E-state index contributed by atoms with van der Waals surface area (Å²) in [5.74, 6) is 1.67. The molecule has 35 heavy (non-hydrogen) atoms. The first-order valence-electron chi connectivity index (χ1n) is 11.5. The van der Waals surface area contributed by atoms with E-state index in [1.54, 1.807) is 19.5 Å². The van der Waals surface area contributed by atoms with Crippen LogP contribution in [0.15, 0.2) is 73.2 Å². The quantitative estimate of drug-likeness (QED) is 0.399. The summed E-state index contributed by atoms with van der Waals surface area (Å²) in [6, 6.07) is 17.2. The molecule has 1 aliphatic rings. The van der Waals surface area contributed by atoms with Crippen molar-refractivity contribution >= 4 is 11.6 Å². The zero-order valence-electron chi connectivity index (χ0n) is 19.4. The fraction of sp³-hybridized carbons (Fsp3) is 0.222. The van der Waals surface area contributed by atoms with Crippen LogP contribution in [0, 0.1) is 5.92 Å². The highest BCUT2D eigenvalue weighted by atomic mass is 16.5. The number of carbonyl (C=O) groups excluding carboxylic acids is 1. The van der Waals surface area contributed by atoms with Crippen LogP contribution in [0.1, 0.15) is 11.3 Å². The fourth-order valence-corrected chi connectivity index (χ4v) is 4.05. The Bertz CT molecular complexity index is 1290. The van der Waals surface area contributed by atoms with E-state index in [9.17, 15) is 4.79 Å². The lowest BCUT2D eigenvalue weighted by Gasteiger charge is -2.25. The minimum absolute atomic E-state index is 0.121. The minimum Gasteiger partial charge on any atom is -0.497 e. The first-order valence-corrected chi connectivity index (χ1v) is 11.5. The monoisotopic (exact) mass is 470 g/mol. The number of anilines is 1. The van der Waals surface area contributed by atoms with Crippen LogP contribution in [-0.2, 0) is 17.6 Å². The van der Waals surface area contributed by atoms with Crippen molar-refractivity contribution in [1.82, 2.24) is 15.2 Å². The first-order chi connectivity index (χ1) is 17.2. The van der Waals surface area contributed by atoms with Gasteiger partial charge in [-0.25, -0.2) is 0 Å². The summed E-state index contributed by atoms with van der Waals surface area (Å²) in [6.45, 7) is 0.739. The minimum atomic E-state index is -0.329. The molecule has 0 aliphatic carbocycles. The molecular weight excluding hydrogens is 444 g/mol. The number of carbonyl (C=O) groups is 1. The summed E-state index contributed by atoms with van der Waals surface area (Å²) in [6.07, 6.45) is 6.55. The Morgan fingerprint density at radius 1 is 1.17 bits per heavy atom. The molecule has 4 aromatic rings. The van der Waals surface area contributed by atoms with Crippen LogP contribution < -0.4 is 19.5 Å². The molecule has 0 unspecified atom stereocenters. The number of ether oxygens (including phenoxy) is 3. The number of amides is 1.